The van der Waals surface area contributed by atoms with Crippen molar-refractivity contribution in [3.63, 3.8) is 0 Å². The van der Waals surface area contributed by atoms with Crippen molar-refractivity contribution in [3.8, 4) is 0 Å². The smallest absolute Gasteiger partial charge is 0.162 e. The topological polar surface area (TPSA) is 25.8 Å². The molecule has 0 unspecified atom stereocenters. The Balaban J connectivity index is 1.89. The Morgan fingerprint density at radius 3 is 2.69 bits per heavy atom. The zero-order valence-electron chi connectivity index (χ0n) is 7.20. The molecule has 0 aromatic carbocycles. The van der Waals surface area contributed by atoms with Crippen LogP contribution in [0.15, 0.2) is 0 Å². The van der Waals surface area contributed by atoms with Crippen LogP contribution >= 0.6 is 34.7 Å². The zero-order valence-corrected chi connectivity index (χ0v) is 9.59. The second kappa shape index (κ2) is 4.62. The summed E-state index contributed by atoms with van der Waals surface area (Å²) in [4.78, 5) is 0. The average molecular weight is 235 g/mol. The van der Waals surface area contributed by atoms with Crippen LogP contribution in [-0.2, 0) is 6.42 Å². The van der Waals surface area contributed by atoms with E-state index in [1.54, 1.807) is 0 Å². The number of hydrogen-bond acceptors (Lipinski definition) is 4. The van der Waals surface area contributed by atoms with E-state index in [1.165, 1.54) is 35.7 Å². The van der Waals surface area contributed by atoms with Crippen molar-refractivity contribution in [1.82, 2.24) is 10.2 Å². The summed E-state index contributed by atoms with van der Waals surface area (Å²) in [6.45, 7) is 0. The third-order valence-electron chi connectivity index (χ3n) is 2.25. The van der Waals surface area contributed by atoms with Gasteiger partial charge in [-0.2, -0.15) is 11.8 Å². The number of hydrogen-bond donors (Lipinski definition) is 0. The quantitative estimate of drug-likeness (QED) is 0.787. The van der Waals surface area contributed by atoms with Crippen LogP contribution in [0, 0.1) is 5.92 Å². The fourth-order valence-electron chi connectivity index (χ4n) is 1.51. The molecule has 1 aromatic heterocycles. The molecule has 1 fully saturated rings. The Morgan fingerprint density at radius 1 is 1.31 bits per heavy atom. The van der Waals surface area contributed by atoms with E-state index >= 15 is 0 Å². The molecule has 0 amide bonds. The van der Waals surface area contributed by atoms with E-state index in [-0.39, 0.29) is 0 Å². The molecule has 0 bridgehead atoms. The van der Waals surface area contributed by atoms with Crippen LogP contribution in [0.2, 0.25) is 4.47 Å². The van der Waals surface area contributed by atoms with Gasteiger partial charge in [0.1, 0.15) is 5.01 Å². The van der Waals surface area contributed by atoms with Gasteiger partial charge in [-0.05, 0) is 41.9 Å². The van der Waals surface area contributed by atoms with E-state index in [4.69, 9.17) is 11.6 Å². The molecule has 5 heteroatoms. The van der Waals surface area contributed by atoms with E-state index in [0.717, 1.165) is 17.3 Å². The Morgan fingerprint density at radius 2 is 2.08 bits per heavy atom. The summed E-state index contributed by atoms with van der Waals surface area (Å²) in [6.07, 6.45) is 3.72. The normalized spacial score (nSPS) is 19.2. The predicted octanol–water partition coefficient (Wildman–Crippen LogP) is 2.88. The molecule has 2 heterocycles. The highest BCUT2D eigenvalue weighted by Gasteiger charge is 2.16. The number of thioether (sulfide) groups is 1. The monoisotopic (exact) mass is 234 g/mol. The van der Waals surface area contributed by atoms with Gasteiger partial charge in [0.15, 0.2) is 0 Å². The summed E-state index contributed by atoms with van der Waals surface area (Å²) in [5, 5.41) is 8.95. The van der Waals surface area contributed by atoms with Gasteiger partial charge in [-0.25, -0.2) is 0 Å². The molecule has 1 saturated heterocycles. The molecule has 2 rings (SSSR count). The predicted molar refractivity (Wildman–Crippen MR) is 58.7 cm³/mol. The molecule has 0 saturated carbocycles. The molecule has 0 aliphatic carbocycles. The lowest BCUT2D eigenvalue weighted by atomic mass is 9.99. The third-order valence-corrected chi connectivity index (χ3v) is 4.34. The number of aromatic nitrogens is 2. The maximum absolute atomic E-state index is 5.72. The van der Waals surface area contributed by atoms with Crippen LogP contribution in [0.1, 0.15) is 17.8 Å². The molecule has 2 nitrogen and oxygen atoms in total. The second-order valence-corrected chi connectivity index (χ2v) is 6.08. The highest BCUT2D eigenvalue weighted by Crippen LogP contribution is 2.27. The van der Waals surface area contributed by atoms with Crippen LogP contribution in [0.5, 0.6) is 0 Å². The van der Waals surface area contributed by atoms with E-state index in [2.05, 4.69) is 22.0 Å². The Labute approximate surface area is 91.1 Å². The van der Waals surface area contributed by atoms with Crippen LogP contribution in [-0.4, -0.2) is 21.7 Å². The minimum absolute atomic E-state index is 0.570. The summed E-state index contributed by atoms with van der Waals surface area (Å²) in [5.41, 5.74) is 0. The van der Waals surface area contributed by atoms with Crippen molar-refractivity contribution in [1.29, 1.82) is 0 Å². The molecule has 1 aliphatic heterocycles. The van der Waals surface area contributed by atoms with Crippen LogP contribution in [0.25, 0.3) is 0 Å². The van der Waals surface area contributed by atoms with Gasteiger partial charge in [0.05, 0.1) is 0 Å². The molecule has 0 N–H and O–H groups in total. The second-order valence-electron chi connectivity index (χ2n) is 3.21. The van der Waals surface area contributed by atoms with Gasteiger partial charge >= 0.3 is 0 Å². The molecule has 0 spiro atoms. The van der Waals surface area contributed by atoms with Gasteiger partial charge in [0, 0.05) is 6.42 Å². The van der Waals surface area contributed by atoms with E-state index in [9.17, 15) is 0 Å². The number of rotatable bonds is 2. The van der Waals surface area contributed by atoms with Crippen molar-refractivity contribution < 1.29 is 0 Å². The summed E-state index contributed by atoms with van der Waals surface area (Å²) >= 11 is 9.29. The number of nitrogens with zero attached hydrogens (tertiary/aromatic N) is 2. The molecule has 13 heavy (non-hydrogen) atoms. The molecule has 0 radical (unpaired) electrons. The first-order valence-corrected chi connectivity index (χ1v) is 6.75. The Bertz CT molecular complexity index is 271. The van der Waals surface area contributed by atoms with Gasteiger partial charge < -0.3 is 0 Å². The van der Waals surface area contributed by atoms with Gasteiger partial charge in [-0.1, -0.05) is 11.3 Å². The minimum atomic E-state index is 0.570. The number of halogens is 1. The maximum atomic E-state index is 5.72. The fraction of sp³-hybridized carbons (Fsp3) is 0.750. The van der Waals surface area contributed by atoms with Crippen molar-refractivity contribution in [2.75, 3.05) is 11.5 Å². The largest absolute Gasteiger partial charge is 0.207 e. The van der Waals surface area contributed by atoms with Crippen molar-refractivity contribution in [2.24, 2.45) is 5.92 Å². The van der Waals surface area contributed by atoms with E-state index < -0.39 is 0 Å². The van der Waals surface area contributed by atoms with Crippen LogP contribution < -0.4 is 0 Å². The lowest BCUT2D eigenvalue weighted by Crippen LogP contribution is -2.11. The summed E-state index contributed by atoms with van der Waals surface area (Å²) in [6, 6.07) is 0. The minimum Gasteiger partial charge on any atom is -0.162 e. The first kappa shape index (κ1) is 9.74. The third kappa shape index (κ3) is 2.82. The van der Waals surface area contributed by atoms with E-state index in [1.807, 2.05) is 0 Å². The molecular formula is C8H11ClN2S2. The van der Waals surface area contributed by atoms with Crippen molar-refractivity contribution in [2.45, 2.75) is 19.3 Å². The fourth-order valence-corrected chi connectivity index (χ4v) is 3.70. The highest BCUT2D eigenvalue weighted by atomic mass is 35.5. The van der Waals surface area contributed by atoms with Gasteiger partial charge in [0.25, 0.3) is 0 Å². The summed E-state index contributed by atoms with van der Waals surface area (Å²) in [7, 11) is 0. The molecule has 1 aliphatic rings. The highest BCUT2D eigenvalue weighted by molar-refractivity contribution is 7.99. The van der Waals surface area contributed by atoms with E-state index in [0.29, 0.717) is 4.47 Å². The van der Waals surface area contributed by atoms with Gasteiger partial charge in [-0.15, -0.1) is 10.2 Å². The Hall–Kier alpha value is 0.200. The first-order valence-electron chi connectivity index (χ1n) is 4.40. The summed E-state index contributed by atoms with van der Waals surface area (Å²) in [5.74, 6) is 3.42. The molecule has 1 aromatic rings. The van der Waals surface area contributed by atoms with Gasteiger partial charge in [0.2, 0.25) is 4.47 Å². The van der Waals surface area contributed by atoms with Crippen molar-refractivity contribution >= 4 is 34.7 Å². The average Bonchev–Trinajstić information content (AvgIpc) is 2.53. The molecule has 0 atom stereocenters. The van der Waals surface area contributed by atoms with Crippen LogP contribution in [0.4, 0.5) is 0 Å². The summed E-state index contributed by atoms with van der Waals surface area (Å²) < 4.78 is 0.570. The lowest BCUT2D eigenvalue weighted by Gasteiger charge is -2.19. The van der Waals surface area contributed by atoms with Crippen LogP contribution in [0.3, 0.4) is 0 Å². The Kier molecular flexibility index (Phi) is 3.46. The van der Waals surface area contributed by atoms with Gasteiger partial charge in [-0.3, -0.25) is 0 Å². The molecule has 72 valence electrons. The standard InChI is InChI=1S/C8H11ClN2S2/c9-8-11-10-7(13-8)5-6-1-3-12-4-2-6/h6H,1-5H2. The lowest BCUT2D eigenvalue weighted by molar-refractivity contribution is 0.485. The zero-order chi connectivity index (χ0) is 9.10. The SMILES string of the molecule is Clc1nnc(CC2CCSCC2)s1. The first-order chi connectivity index (χ1) is 6.34. The molecular weight excluding hydrogens is 224 g/mol. The maximum Gasteiger partial charge on any atom is 0.207 e. The van der Waals surface area contributed by atoms with Crippen molar-refractivity contribution in [3.05, 3.63) is 9.47 Å².